The summed E-state index contributed by atoms with van der Waals surface area (Å²) in [5.41, 5.74) is 0.627. The van der Waals surface area contributed by atoms with Crippen LogP contribution in [-0.2, 0) is 0 Å². The van der Waals surface area contributed by atoms with Gasteiger partial charge in [-0.05, 0) is 44.4 Å². The zero-order valence-electron chi connectivity index (χ0n) is 18.4. The number of hydrogen-bond acceptors (Lipinski definition) is 6. The molecule has 2 heterocycles. The first kappa shape index (κ1) is 21.9. The van der Waals surface area contributed by atoms with E-state index in [0.717, 1.165) is 44.9 Å². The Balaban J connectivity index is 1.53. The van der Waals surface area contributed by atoms with Crippen molar-refractivity contribution in [1.82, 2.24) is 19.5 Å². The average molecular weight is 461 g/mol. The Morgan fingerprint density at radius 1 is 1.00 bits per heavy atom. The lowest BCUT2D eigenvalue weighted by atomic mass is 9.93. The predicted molar refractivity (Wildman–Crippen MR) is 119 cm³/mol. The second kappa shape index (κ2) is 8.81. The summed E-state index contributed by atoms with van der Waals surface area (Å²) in [6.45, 7) is 2.14. The second-order valence-corrected chi connectivity index (χ2v) is 9.20. The minimum absolute atomic E-state index is 0.0525. The zero-order chi connectivity index (χ0) is 23.1. The van der Waals surface area contributed by atoms with Crippen LogP contribution in [0.2, 0.25) is 0 Å². The number of benzene rings is 1. The van der Waals surface area contributed by atoms with Crippen LogP contribution >= 0.6 is 0 Å². The third-order valence-corrected chi connectivity index (χ3v) is 6.85. The average Bonchev–Trinajstić information content (AvgIpc) is 3.34. The maximum Gasteiger partial charge on any atom is 0.224 e. The van der Waals surface area contributed by atoms with Crippen LogP contribution in [0.25, 0.3) is 11.2 Å². The Morgan fingerprint density at radius 3 is 2.39 bits per heavy atom. The van der Waals surface area contributed by atoms with Gasteiger partial charge in [0.05, 0.1) is 12.3 Å². The fraction of sp³-hybridized carbons (Fsp3) is 0.522. The molecular formula is C23H27F3N6O. The monoisotopic (exact) mass is 460 g/mol. The molecule has 2 aromatic heterocycles. The van der Waals surface area contributed by atoms with E-state index in [0.29, 0.717) is 35.2 Å². The number of hydrogen-bond donors (Lipinski definition) is 3. The summed E-state index contributed by atoms with van der Waals surface area (Å²) in [5, 5.41) is 15.8. The Labute approximate surface area is 189 Å². The first-order valence-electron chi connectivity index (χ1n) is 11.5. The second-order valence-electron chi connectivity index (χ2n) is 9.20. The molecule has 2 aliphatic carbocycles. The SMILES string of the molecule is C[C@H]1CCC[C@H]1n1c(Nc2c(F)cc(F)cc2F)nc2cnc(N[C@H]3CC[C@H](O)CC3)nc21. The number of nitrogens with one attached hydrogen (secondary N) is 2. The molecule has 3 aromatic rings. The summed E-state index contributed by atoms with van der Waals surface area (Å²) in [5.74, 6) is -2.00. The highest BCUT2D eigenvalue weighted by molar-refractivity contribution is 5.76. The molecule has 2 atom stereocenters. The molecule has 176 valence electrons. The number of imidazole rings is 1. The van der Waals surface area contributed by atoms with Crippen LogP contribution in [-0.4, -0.2) is 36.8 Å². The van der Waals surface area contributed by atoms with Gasteiger partial charge in [0, 0.05) is 24.2 Å². The van der Waals surface area contributed by atoms with Crippen molar-refractivity contribution in [3.8, 4) is 0 Å². The Kier molecular flexibility index (Phi) is 5.86. The van der Waals surface area contributed by atoms with Gasteiger partial charge in [0.2, 0.25) is 11.9 Å². The van der Waals surface area contributed by atoms with Crippen LogP contribution in [0.3, 0.4) is 0 Å². The fourth-order valence-corrected chi connectivity index (χ4v) is 5.05. The van der Waals surface area contributed by atoms with Crippen molar-refractivity contribution in [3.63, 3.8) is 0 Å². The van der Waals surface area contributed by atoms with E-state index in [4.69, 9.17) is 4.98 Å². The van der Waals surface area contributed by atoms with Crippen molar-refractivity contribution >= 4 is 28.7 Å². The topological polar surface area (TPSA) is 87.9 Å². The van der Waals surface area contributed by atoms with Crippen molar-refractivity contribution in [3.05, 3.63) is 35.8 Å². The molecule has 0 unspecified atom stereocenters. The maximum absolute atomic E-state index is 14.4. The molecule has 2 aliphatic rings. The van der Waals surface area contributed by atoms with E-state index in [1.165, 1.54) is 0 Å². The molecule has 33 heavy (non-hydrogen) atoms. The zero-order valence-corrected chi connectivity index (χ0v) is 18.4. The highest BCUT2D eigenvalue weighted by atomic mass is 19.1. The number of anilines is 3. The van der Waals surface area contributed by atoms with Gasteiger partial charge in [0.25, 0.3) is 0 Å². The van der Waals surface area contributed by atoms with E-state index in [1.54, 1.807) is 6.20 Å². The summed E-state index contributed by atoms with van der Waals surface area (Å²) in [4.78, 5) is 13.6. The van der Waals surface area contributed by atoms with E-state index >= 15 is 0 Å². The van der Waals surface area contributed by atoms with Crippen molar-refractivity contribution in [2.45, 2.75) is 70.1 Å². The first-order chi connectivity index (χ1) is 15.9. The molecule has 0 bridgehead atoms. The summed E-state index contributed by atoms with van der Waals surface area (Å²) in [6, 6.07) is 1.50. The largest absolute Gasteiger partial charge is 0.393 e. The fourth-order valence-electron chi connectivity index (χ4n) is 5.05. The Morgan fingerprint density at radius 2 is 1.73 bits per heavy atom. The third kappa shape index (κ3) is 4.36. The predicted octanol–water partition coefficient (Wildman–Crippen LogP) is 5.06. The van der Waals surface area contributed by atoms with Gasteiger partial charge in [-0.1, -0.05) is 13.3 Å². The van der Waals surface area contributed by atoms with Crippen molar-refractivity contribution < 1.29 is 18.3 Å². The number of rotatable bonds is 5. The van der Waals surface area contributed by atoms with Gasteiger partial charge < -0.3 is 15.7 Å². The van der Waals surface area contributed by atoms with Gasteiger partial charge in [-0.2, -0.15) is 4.98 Å². The molecule has 5 rings (SSSR count). The molecule has 0 radical (unpaired) electrons. The van der Waals surface area contributed by atoms with Crippen LogP contribution in [0, 0.1) is 23.4 Å². The normalized spacial score (nSPS) is 25.5. The van der Waals surface area contributed by atoms with Gasteiger partial charge in [-0.15, -0.1) is 0 Å². The van der Waals surface area contributed by atoms with E-state index in [2.05, 4.69) is 27.5 Å². The highest BCUT2D eigenvalue weighted by Crippen LogP contribution is 2.40. The number of aliphatic hydroxyl groups is 1. The van der Waals surface area contributed by atoms with Crippen LogP contribution < -0.4 is 10.6 Å². The number of fused-ring (bicyclic) bond motifs is 1. The number of halogens is 3. The summed E-state index contributed by atoms with van der Waals surface area (Å²) < 4.78 is 44.0. The van der Waals surface area contributed by atoms with Crippen LogP contribution in [0.15, 0.2) is 18.3 Å². The quantitative estimate of drug-likeness (QED) is 0.493. The molecule has 1 aromatic carbocycles. The number of nitrogens with zero attached hydrogens (tertiary/aromatic N) is 4. The van der Waals surface area contributed by atoms with Crippen LogP contribution in [0.5, 0.6) is 0 Å². The van der Waals surface area contributed by atoms with Crippen molar-refractivity contribution in [1.29, 1.82) is 0 Å². The standard InChI is InChI=1S/C23H27F3N6O/c1-12-3-2-4-19(12)32-21-18(11-27-22(31-21)28-14-5-7-15(33)8-6-14)29-23(32)30-20-16(25)9-13(24)10-17(20)26/h9-12,14-15,19,33H,2-8H2,1H3,(H,29,30)(H,27,28,31)/t12-,14-,15-,19+/m0/s1. The number of aliphatic hydroxyl groups excluding tert-OH is 1. The lowest BCUT2D eigenvalue weighted by molar-refractivity contribution is 0.126. The third-order valence-electron chi connectivity index (χ3n) is 6.85. The van der Waals surface area contributed by atoms with Crippen LogP contribution in [0.1, 0.15) is 57.9 Å². The smallest absolute Gasteiger partial charge is 0.224 e. The maximum atomic E-state index is 14.4. The van der Waals surface area contributed by atoms with E-state index in [9.17, 15) is 18.3 Å². The summed E-state index contributed by atoms with van der Waals surface area (Å²) in [7, 11) is 0. The lowest BCUT2D eigenvalue weighted by Gasteiger charge is -2.26. The summed E-state index contributed by atoms with van der Waals surface area (Å²) in [6.07, 6.45) is 7.44. The molecule has 7 nitrogen and oxygen atoms in total. The first-order valence-corrected chi connectivity index (χ1v) is 11.5. The number of aromatic nitrogens is 4. The van der Waals surface area contributed by atoms with E-state index in [-0.39, 0.29) is 24.1 Å². The molecule has 0 amide bonds. The van der Waals surface area contributed by atoms with Crippen LogP contribution in [0.4, 0.5) is 30.8 Å². The highest BCUT2D eigenvalue weighted by Gasteiger charge is 2.30. The molecule has 0 aliphatic heterocycles. The van der Waals surface area contributed by atoms with Gasteiger partial charge in [0.1, 0.15) is 17.0 Å². The Hall–Kier alpha value is -2.88. The van der Waals surface area contributed by atoms with Gasteiger partial charge >= 0.3 is 0 Å². The molecule has 0 saturated heterocycles. The lowest BCUT2D eigenvalue weighted by Crippen LogP contribution is -2.29. The molecule has 2 fully saturated rings. The molecule has 0 spiro atoms. The Bertz CT molecular complexity index is 1140. The molecule has 2 saturated carbocycles. The molecule has 10 heteroatoms. The van der Waals surface area contributed by atoms with Gasteiger partial charge in [0.15, 0.2) is 17.3 Å². The minimum Gasteiger partial charge on any atom is -0.393 e. The van der Waals surface area contributed by atoms with Gasteiger partial charge in [-0.25, -0.2) is 23.1 Å². The van der Waals surface area contributed by atoms with E-state index < -0.39 is 23.1 Å². The molecular weight excluding hydrogens is 433 g/mol. The summed E-state index contributed by atoms with van der Waals surface area (Å²) >= 11 is 0. The van der Waals surface area contributed by atoms with Crippen molar-refractivity contribution in [2.75, 3.05) is 10.6 Å². The van der Waals surface area contributed by atoms with Crippen molar-refractivity contribution in [2.24, 2.45) is 5.92 Å². The van der Waals surface area contributed by atoms with E-state index in [1.807, 2.05) is 4.57 Å². The minimum atomic E-state index is -1.03. The molecule has 3 N–H and O–H groups in total. The van der Waals surface area contributed by atoms with Gasteiger partial charge in [-0.3, -0.25) is 4.57 Å².